The molecule has 3 N–H and O–H groups in total. The number of imide groups is 1. The number of hydrogen-bond acceptors (Lipinski definition) is 6. The number of benzene rings is 2. The maximum Gasteiger partial charge on any atom is 0.327 e. The van der Waals surface area contributed by atoms with Crippen LogP contribution in [0.2, 0.25) is 0 Å². The molecule has 3 rings (SSSR count). The molecule has 0 spiro atoms. The van der Waals surface area contributed by atoms with E-state index >= 15 is 0 Å². The molecule has 152 valence electrons. The van der Waals surface area contributed by atoms with Crippen LogP contribution in [0.1, 0.15) is 26.3 Å². The molecule has 1 heterocycles. The number of carbonyl (C=O) groups is 3. The molecule has 0 aliphatic carbocycles. The Kier molecular flexibility index (Phi) is 6.26. The van der Waals surface area contributed by atoms with Gasteiger partial charge in [-0.3, -0.25) is 14.5 Å². The predicted octanol–water partition coefficient (Wildman–Crippen LogP) is 0.770. The molecule has 0 saturated heterocycles. The molecule has 0 fully saturated rings. The summed E-state index contributed by atoms with van der Waals surface area (Å²) in [6.07, 6.45) is -0.0267. The fourth-order valence-corrected chi connectivity index (χ4v) is 3.46. The number of nitrogens with zero attached hydrogens (tertiary/aromatic N) is 2. The first-order valence-corrected chi connectivity index (χ1v) is 9.23. The van der Waals surface area contributed by atoms with Gasteiger partial charge in [-0.1, -0.05) is 24.3 Å². The van der Waals surface area contributed by atoms with E-state index in [1.165, 1.54) is 12.1 Å². The predicted molar refractivity (Wildman–Crippen MR) is 105 cm³/mol. The van der Waals surface area contributed by atoms with Crippen LogP contribution in [0.25, 0.3) is 0 Å². The third-order valence-electron chi connectivity index (χ3n) is 4.89. The fraction of sp³-hybridized carbons (Fsp3) is 0.286. The van der Waals surface area contributed by atoms with Gasteiger partial charge in [0.05, 0.1) is 24.3 Å². The van der Waals surface area contributed by atoms with Crippen LogP contribution >= 0.6 is 0 Å². The summed E-state index contributed by atoms with van der Waals surface area (Å²) in [5.74, 6) is -2.47. The summed E-state index contributed by atoms with van der Waals surface area (Å²) in [7, 11) is 0. The largest absolute Gasteiger partial charge is 0.480 e. The number of rotatable bonds is 9. The zero-order chi connectivity index (χ0) is 21.0. The van der Waals surface area contributed by atoms with E-state index in [1.807, 2.05) is 0 Å². The number of fused-ring (bicyclic) bond motifs is 1. The van der Waals surface area contributed by atoms with Gasteiger partial charge < -0.3 is 20.2 Å². The zero-order valence-electron chi connectivity index (χ0n) is 15.7. The molecule has 1 aliphatic heterocycles. The second kappa shape index (κ2) is 8.85. The van der Waals surface area contributed by atoms with Crippen molar-refractivity contribution in [3.05, 3.63) is 65.2 Å². The van der Waals surface area contributed by atoms with E-state index in [4.69, 9.17) is 10.2 Å². The number of carbonyl (C=O) groups excluding carboxylic acids is 2. The van der Waals surface area contributed by atoms with Crippen molar-refractivity contribution in [2.45, 2.75) is 12.5 Å². The van der Waals surface area contributed by atoms with Gasteiger partial charge in [0.25, 0.3) is 11.8 Å². The average molecular weight is 398 g/mol. The Morgan fingerprint density at radius 3 is 1.86 bits per heavy atom. The molecule has 1 unspecified atom stereocenters. The van der Waals surface area contributed by atoms with Crippen molar-refractivity contribution < 1.29 is 29.7 Å². The van der Waals surface area contributed by atoms with Gasteiger partial charge in [0.15, 0.2) is 0 Å². The van der Waals surface area contributed by atoms with Crippen LogP contribution in [0.3, 0.4) is 0 Å². The van der Waals surface area contributed by atoms with Gasteiger partial charge in [0.1, 0.15) is 6.04 Å². The van der Waals surface area contributed by atoms with E-state index in [0.717, 1.165) is 10.6 Å². The van der Waals surface area contributed by atoms with E-state index in [9.17, 15) is 19.5 Å². The highest BCUT2D eigenvalue weighted by Crippen LogP contribution is 2.26. The molecular formula is C21H22N2O6. The van der Waals surface area contributed by atoms with Crippen molar-refractivity contribution in [3.8, 4) is 0 Å². The molecule has 29 heavy (non-hydrogen) atoms. The lowest BCUT2D eigenvalue weighted by atomic mass is 10.0. The van der Waals surface area contributed by atoms with Gasteiger partial charge >= 0.3 is 5.97 Å². The molecule has 8 heteroatoms. The first-order valence-electron chi connectivity index (χ1n) is 9.23. The third kappa shape index (κ3) is 4.13. The monoisotopic (exact) mass is 398 g/mol. The van der Waals surface area contributed by atoms with Crippen LogP contribution < -0.4 is 4.90 Å². The molecule has 2 aromatic carbocycles. The smallest absolute Gasteiger partial charge is 0.327 e. The summed E-state index contributed by atoms with van der Waals surface area (Å²) in [6, 6.07) is 11.9. The van der Waals surface area contributed by atoms with Crippen molar-refractivity contribution in [1.82, 2.24) is 4.90 Å². The highest BCUT2D eigenvalue weighted by molar-refractivity contribution is 6.22. The molecule has 2 amide bonds. The van der Waals surface area contributed by atoms with Crippen LogP contribution in [0.5, 0.6) is 0 Å². The number of aliphatic hydroxyl groups excluding tert-OH is 2. The summed E-state index contributed by atoms with van der Waals surface area (Å²) < 4.78 is 0. The summed E-state index contributed by atoms with van der Waals surface area (Å²) in [6.45, 7) is 0.574. The van der Waals surface area contributed by atoms with Gasteiger partial charge in [0, 0.05) is 25.2 Å². The normalized spacial score (nSPS) is 14.1. The summed E-state index contributed by atoms with van der Waals surface area (Å²) in [4.78, 5) is 39.7. The second-order valence-corrected chi connectivity index (χ2v) is 6.68. The Balaban J connectivity index is 1.81. The maximum absolute atomic E-state index is 12.6. The molecular weight excluding hydrogens is 376 g/mol. The SMILES string of the molecule is O=C(O)C(Cc1ccc(N(CCO)CCO)cc1)N1C(=O)c2ccccc2C1=O. The Morgan fingerprint density at radius 1 is 0.897 bits per heavy atom. The lowest BCUT2D eigenvalue weighted by molar-refractivity contribution is -0.141. The van der Waals surface area contributed by atoms with E-state index in [1.54, 1.807) is 41.3 Å². The topological polar surface area (TPSA) is 118 Å². The summed E-state index contributed by atoms with van der Waals surface area (Å²) >= 11 is 0. The van der Waals surface area contributed by atoms with Gasteiger partial charge in [-0.2, -0.15) is 0 Å². The summed E-state index contributed by atoms with van der Waals surface area (Å²) in [5, 5.41) is 28.0. The Bertz CT molecular complexity index is 871. The zero-order valence-corrected chi connectivity index (χ0v) is 15.7. The van der Waals surface area contributed by atoms with Crippen molar-refractivity contribution in [1.29, 1.82) is 0 Å². The molecule has 1 aliphatic rings. The van der Waals surface area contributed by atoms with Crippen LogP contribution in [-0.2, 0) is 11.2 Å². The number of amides is 2. The number of anilines is 1. The van der Waals surface area contributed by atoms with Gasteiger partial charge in [-0.05, 0) is 29.8 Å². The molecule has 1 atom stereocenters. The molecule has 0 radical (unpaired) electrons. The first kappa shape index (κ1) is 20.5. The van der Waals surface area contributed by atoms with Crippen LogP contribution in [0, 0.1) is 0 Å². The van der Waals surface area contributed by atoms with Crippen LogP contribution in [0.15, 0.2) is 48.5 Å². The number of aliphatic hydroxyl groups is 2. The third-order valence-corrected chi connectivity index (χ3v) is 4.89. The lowest BCUT2D eigenvalue weighted by Crippen LogP contribution is -2.46. The standard InChI is InChI=1S/C21H22N2O6/c24-11-9-22(10-12-25)15-7-5-14(6-8-15)13-18(21(28)29)23-19(26)16-3-1-2-4-17(16)20(23)27/h1-8,18,24-25H,9-13H2,(H,28,29). The minimum Gasteiger partial charge on any atom is -0.480 e. The number of aliphatic carboxylic acids is 1. The van der Waals surface area contributed by atoms with Crippen LogP contribution in [-0.4, -0.2) is 70.3 Å². The minimum atomic E-state index is -1.32. The van der Waals surface area contributed by atoms with E-state index < -0.39 is 23.8 Å². The average Bonchev–Trinajstić information content (AvgIpc) is 2.97. The molecule has 8 nitrogen and oxygen atoms in total. The molecule has 0 aromatic heterocycles. The van der Waals surface area contributed by atoms with Gasteiger partial charge in [-0.15, -0.1) is 0 Å². The van der Waals surface area contributed by atoms with Crippen molar-refractivity contribution in [3.63, 3.8) is 0 Å². The number of carboxylic acids is 1. The molecule has 0 saturated carbocycles. The number of hydrogen-bond donors (Lipinski definition) is 3. The van der Waals surface area contributed by atoms with Gasteiger partial charge in [0.2, 0.25) is 0 Å². The first-order chi connectivity index (χ1) is 14.0. The minimum absolute atomic E-state index is 0.0267. The fourth-order valence-electron chi connectivity index (χ4n) is 3.46. The van der Waals surface area contributed by atoms with E-state index in [0.29, 0.717) is 18.7 Å². The van der Waals surface area contributed by atoms with Crippen molar-refractivity contribution >= 4 is 23.5 Å². The quantitative estimate of drug-likeness (QED) is 0.534. The van der Waals surface area contributed by atoms with Crippen molar-refractivity contribution in [2.75, 3.05) is 31.2 Å². The maximum atomic E-state index is 12.6. The second-order valence-electron chi connectivity index (χ2n) is 6.68. The van der Waals surface area contributed by atoms with E-state index in [-0.39, 0.29) is 30.8 Å². The highest BCUT2D eigenvalue weighted by Gasteiger charge is 2.42. The Morgan fingerprint density at radius 2 is 1.41 bits per heavy atom. The van der Waals surface area contributed by atoms with E-state index in [2.05, 4.69) is 0 Å². The summed E-state index contributed by atoms with van der Waals surface area (Å²) in [5.41, 5.74) is 1.83. The Hall–Kier alpha value is -3.23. The van der Waals surface area contributed by atoms with Crippen LogP contribution in [0.4, 0.5) is 5.69 Å². The van der Waals surface area contributed by atoms with Crippen molar-refractivity contribution in [2.24, 2.45) is 0 Å². The highest BCUT2D eigenvalue weighted by atomic mass is 16.4. The van der Waals surface area contributed by atoms with Gasteiger partial charge in [-0.25, -0.2) is 4.79 Å². The molecule has 2 aromatic rings. The number of carboxylic acid groups (broad SMARTS) is 1. The molecule has 0 bridgehead atoms. The Labute approximate surface area is 167 Å². The lowest BCUT2D eigenvalue weighted by Gasteiger charge is -2.24.